The lowest BCUT2D eigenvalue weighted by Crippen LogP contribution is -1.96. The van der Waals surface area contributed by atoms with Crippen molar-refractivity contribution in [1.29, 1.82) is 0 Å². The number of halogens is 1. The van der Waals surface area contributed by atoms with Crippen molar-refractivity contribution >= 4 is 28.2 Å². The highest BCUT2D eigenvalue weighted by Gasteiger charge is 2.04. The third-order valence-corrected chi connectivity index (χ3v) is 3.41. The van der Waals surface area contributed by atoms with E-state index in [0.717, 1.165) is 6.42 Å². The number of benzene rings is 1. The predicted octanol–water partition coefficient (Wildman–Crippen LogP) is 4.30. The van der Waals surface area contributed by atoms with Crippen molar-refractivity contribution in [1.82, 2.24) is 0 Å². The molecule has 0 aliphatic carbocycles. The summed E-state index contributed by atoms with van der Waals surface area (Å²) in [6.07, 6.45) is 2.31. The second-order valence-electron chi connectivity index (χ2n) is 3.18. The second-order valence-corrected chi connectivity index (χ2v) is 4.94. The lowest BCUT2D eigenvalue weighted by Gasteiger charge is -2.09. The van der Waals surface area contributed by atoms with E-state index in [9.17, 15) is 0 Å². The van der Waals surface area contributed by atoms with Gasteiger partial charge >= 0.3 is 0 Å². The van der Waals surface area contributed by atoms with Gasteiger partial charge in [-0.2, -0.15) is 0 Å². The first-order valence-electron chi connectivity index (χ1n) is 4.61. The van der Waals surface area contributed by atoms with Gasteiger partial charge in [-0.15, -0.1) is 0 Å². The molecule has 0 saturated heterocycles. The smallest absolute Gasteiger partial charge is 0.0147 e. The highest BCUT2D eigenvalue weighted by Crippen LogP contribution is 2.22. The molecule has 0 heterocycles. The van der Waals surface area contributed by atoms with Gasteiger partial charge in [0.15, 0.2) is 0 Å². The van der Waals surface area contributed by atoms with Crippen LogP contribution in [0.15, 0.2) is 36.9 Å². The second kappa shape index (κ2) is 5.43. The summed E-state index contributed by atoms with van der Waals surface area (Å²) in [4.78, 5) is 0. The van der Waals surface area contributed by atoms with Gasteiger partial charge in [-0.1, -0.05) is 66.4 Å². The molecule has 1 rings (SSSR count). The minimum absolute atomic E-state index is 0.713. The van der Waals surface area contributed by atoms with Crippen LogP contribution in [0, 0.1) is 0 Å². The molecular formula is C12H15I. The lowest BCUT2D eigenvalue weighted by molar-refractivity contribution is 0.876. The van der Waals surface area contributed by atoms with Gasteiger partial charge < -0.3 is 0 Å². The van der Waals surface area contributed by atoms with Crippen molar-refractivity contribution in [2.45, 2.75) is 23.7 Å². The average molecular weight is 286 g/mol. The van der Waals surface area contributed by atoms with E-state index in [1.807, 2.05) is 6.07 Å². The van der Waals surface area contributed by atoms with E-state index in [2.05, 4.69) is 60.4 Å². The zero-order valence-corrected chi connectivity index (χ0v) is 10.1. The van der Waals surface area contributed by atoms with Gasteiger partial charge in [0.05, 0.1) is 0 Å². The minimum Gasteiger partial charge on any atom is -0.0952 e. The highest BCUT2D eigenvalue weighted by atomic mass is 127. The van der Waals surface area contributed by atoms with Crippen LogP contribution in [0.3, 0.4) is 0 Å². The Kier molecular flexibility index (Phi) is 4.50. The molecular weight excluding hydrogens is 271 g/mol. The first kappa shape index (κ1) is 10.8. The van der Waals surface area contributed by atoms with Crippen molar-refractivity contribution in [3.8, 4) is 0 Å². The maximum Gasteiger partial charge on any atom is 0.0147 e. The third-order valence-electron chi connectivity index (χ3n) is 2.09. The van der Waals surface area contributed by atoms with E-state index < -0.39 is 0 Å². The maximum atomic E-state index is 4.11. The van der Waals surface area contributed by atoms with Crippen LogP contribution in [-0.4, -0.2) is 3.92 Å². The topological polar surface area (TPSA) is 0 Å². The zero-order chi connectivity index (χ0) is 9.68. The Bertz CT molecular complexity index is 264. The largest absolute Gasteiger partial charge is 0.0952 e. The van der Waals surface area contributed by atoms with Crippen molar-refractivity contribution in [3.63, 3.8) is 0 Å². The Morgan fingerprint density at radius 2 is 2.00 bits per heavy atom. The molecule has 0 spiro atoms. The van der Waals surface area contributed by atoms with Gasteiger partial charge in [-0.25, -0.2) is 0 Å². The van der Waals surface area contributed by atoms with Crippen molar-refractivity contribution in [3.05, 3.63) is 42.5 Å². The van der Waals surface area contributed by atoms with E-state index in [1.54, 1.807) is 0 Å². The van der Waals surface area contributed by atoms with Gasteiger partial charge in [0.2, 0.25) is 0 Å². The summed E-state index contributed by atoms with van der Waals surface area (Å²) in [6, 6.07) is 10.4. The minimum atomic E-state index is 0.713. The van der Waals surface area contributed by atoms with Gasteiger partial charge in [0.25, 0.3) is 0 Å². The van der Waals surface area contributed by atoms with Crippen LogP contribution < -0.4 is 0 Å². The van der Waals surface area contributed by atoms with E-state index >= 15 is 0 Å². The van der Waals surface area contributed by atoms with Gasteiger partial charge in [-0.3, -0.25) is 0 Å². The first-order chi connectivity index (χ1) is 6.24. The molecule has 0 aliphatic heterocycles. The van der Waals surface area contributed by atoms with Crippen LogP contribution in [-0.2, 0) is 0 Å². The fraction of sp³-hybridized carbons (Fsp3) is 0.333. The fourth-order valence-corrected chi connectivity index (χ4v) is 1.74. The third kappa shape index (κ3) is 3.51. The molecule has 1 aromatic rings. The number of rotatable bonds is 4. The van der Waals surface area contributed by atoms with Crippen LogP contribution in [0.25, 0.3) is 5.57 Å². The number of allylic oxidation sites excluding steroid dienone is 1. The predicted molar refractivity (Wildman–Crippen MR) is 68.2 cm³/mol. The van der Waals surface area contributed by atoms with Crippen molar-refractivity contribution < 1.29 is 0 Å². The summed E-state index contributed by atoms with van der Waals surface area (Å²) in [6.45, 7) is 6.33. The number of hydrogen-bond acceptors (Lipinski definition) is 0. The molecule has 1 unspecified atom stereocenters. The molecule has 0 bridgehead atoms. The lowest BCUT2D eigenvalue weighted by atomic mass is 10.0. The molecule has 0 nitrogen and oxygen atoms in total. The van der Waals surface area contributed by atoms with E-state index in [0.29, 0.717) is 3.92 Å². The van der Waals surface area contributed by atoms with E-state index in [1.165, 1.54) is 17.6 Å². The normalized spacial score (nSPS) is 12.5. The first-order valence-corrected chi connectivity index (χ1v) is 5.86. The van der Waals surface area contributed by atoms with Crippen molar-refractivity contribution in [2.75, 3.05) is 0 Å². The molecule has 1 aromatic carbocycles. The summed E-state index contributed by atoms with van der Waals surface area (Å²) < 4.78 is 0.713. The molecule has 0 radical (unpaired) electrons. The number of alkyl halides is 1. The van der Waals surface area contributed by atoms with Gasteiger partial charge in [0.1, 0.15) is 0 Å². The van der Waals surface area contributed by atoms with Gasteiger partial charge in [0, 0.05) is 3.92 Å². The van der Waals surface area contributed by atoms with Crippen LogP contribution >= 0.6 is 22.6 Å². The standard InChI is InChI=1S/C12H15I/c1-3-12(13)9-10(2)11-7-5-4-6-8-11/h4-8,12H,2-3,9H2,1H3. The molecule has 0 N–H and O–H groups in total. The zero-order valence-electron chi connectivity index (χ0n) is 7.96. The highest BCUT2D eigenvalue weighted by molar-refractivity contribution is 14.1. The quantitative estimate of drug-likeness (QED) is 0.571. The summed E-state index contributed by atoms with van der Waals surface area (Å²) >= 11 is 2.49. The number of hydrogen-bond donors (Lipinski definition) is 0. The maximum absolute atomic E-state index is 4.11. The molecule has 0 fully saturated rings. The summed E-state index contributed by atoms with van der Waals surface area (Å²) in [7, 11) is 0. The molecule has 0 saturated carbocycles. The molecule has 1 heteroatoms. The Hall–Kier alpha value is -0.310. The van der Waals surface area contributed by atoms with Crippen LogP contribution in [0.5, 0.6) is 0 Å². The SMILES string of the molecule is C=C(CC(I)CC)c1ccccc1. The average Bonchev–Trinajstić information content (AvgIpc) is 2.19. The van der Waals surface area contributed by atoms with Crippen LogP contribution in [0.2, 0.25) is 0 Å². The van der Waals surface area contributed by atoms with Crippen LogP contribution in [0.4, 0.5) is 0 Å². The Morgan fingerprint density at radius 1 is 1.38 bits per heavy atom. The molecule has 0 aliphatic rings. The molecule has 0 aromatic heterocycles. The molecule has 13 heavy (non-hydrogen) atoms. The summed E-state index contributed by atoms with van der Waals surface area (Å²) in [5, 5.41) is 0. The summed E-state index contributed by atoms with van der Waals surface area (Å²) in [5.74, 6) is 0. The molecule has 0 amide bonds. The Balaban J connectivity index is 2.59. The van der Waals surface area contributed by atoms with Crippen molar-refractivity contribution in [2.24, 2.45) is 0 Å². The Labute approximate surface area is 94.2 Å². The molecule has 70 valence electrons. The monoisotopic (exact) mass is 286 g/mol. The molecule has 1 atom stereocenters. The summed E-state index contributed by atoms with van der Waals surface area (Å²) in [5.41, 5.74) is 2.53. The van der Waals surface area contributed by atoms with Crippen LogP contribution in [0.1, 0.15) is 25.3 Å². The van der Waals surface area contributed by atoms with Gasteiger partial charge in [-0.05, 0) is 24.0 Å². The van der Waals surface area contributed by atoms with E-state index in [4.69, 9.17) is 0 Å². The fourth-order valence-electron chi connectivity index (χ4n) is 1.20. The Morgan fingerprint density at radius 3 is 2.54 bits per heavy atom. The van der Waals surface area contributed by atoms with E-state index in [-0.39, 0.29) is 0 Å².